The molecule has 37 valence electrons. The summed E-state index contributed by atoms with van der Waals surface area (Å²) in [5.74, 6) is 0. The highest BCUT2D eigenvalue weighted by molar-refractivity contribution is 4.87. The summed E-state index contributed by atoms with van der Waals surface area (Å²) < 4.78 is 1.56. The maximum Gasteiger partial charge on any atom is 0.119 e. The summed E-state index contributed by atoms with van der Waals surface area (Å²) in [4.78, 5) is 0. The van der Waals surface area contributed by atoms with Gasteiger partial charge in [0.1, 0.15) is 6.73 Å². The molecule has 1 aromatic rings. The molecule has 0 spiro atoms. The van der Waals surface area contributed by atoms with Gasteiger partial charge in [0.25, 0.3) is 0 Å². The van der Waals surface area contributed by atoms with E-state index >= 15 is 0 Å². The van der Waals surface area contributed by atoms with Gasteiger partial charge in [-0.3, -0.25) is 0 Å². The number of aromatic nitrogens is 1. The Morgan fingerprint density at radius 3 is 2.86 bits per heavy atom. The Morgan fingerprint density at radius 1 is 1.71 bits per heavy atom. The third-order valence-electron chi connectivity index (χ3n) is 0.755. The van der Waals surface area contributed by atoms with E-state index in [4.69, 9.17) is 5.11 Å². The van der Waals surface area contributed by atoms with Gasteiger partial charge in [-0.05, 0) is 12.1 Å². The van der Waals surface area contributed by atoms with Crippen molar-refractivity contribution in [1.82, 2.24) is 4.57 Å². The fourth-order valence-electron chi connectivity index (χ4n) is 0.417. The summed E-state index contributed by atoms with van der Waals surface area (Å²) in [6, 6.07) is 3.56. The number of rotatable bonds is 1. The summed E-state index contributed by atoms with van der Waals surface area (Å²) in [6.45, 7) is 0.0208. The maximum atomic E-state index is 8.36. The largest absolute Gasteiger partial charge is 0.376 e. The van der Waals surface area contributed by atoms with E-state index in [0.717, 1.165) is 0 Å². The van der Waals surface area contributed by atoms with E-state index in [1.807, 2.05) is 6.07 Å². The van der Waals surface area contributed by atoms with Crippen molar-refractivity contribution in [3.63, 3.8) is 0 Å². The number of nitrogens with zero attached hydrogens (tertiary/aromatic N) is 1. The van der Waals surface area contributed by atoms with E-state index in [2.05, 4.69) is 6.20 Å². The van der Waals surface area contributed by atoms with Gasteiger partial charge in [0.2, 0.25) is 0 Å². The van der Waals surface area contributed by atoms with Gasteiger partial charge in [-0.2, -0.15) is 0 Å². The molecule has 0 saturated carbocycles. The lowest BCUT2D eigenvalue weighted by Gasteiger charge is -1.88. The fourth-order valence-corrected chi connectivity index (χ4v) is 0.417. The molecule has 0 aromatic carbocycles. The van der Waals surface area contributed by atoms with Gasteiger partial charge < -0.3 is 9.67 Å². The predicted molar refractivity (Wildman–Crippen MR) is 25.5 cm³/mol. The Bertz CT molecular complexity index is 123. The molecule has 1 N–H and O–H groups in total. The first-order valence-electron chi connectivity index (χ1n) is 2.07. The van der Waals surface area contributed by atoms with Gasteiger partial charge in [0.15, 0.2) is 0 Å². The molecule has 0 aliphatic carbocycles. The lowest BCUT2D eigenvalue weighted by atomic mass is 10.7. The van der Waals surface area contributed by atoms with Crippen LogP contribution in [0.3, 0.4) is 0 Å². The molecule has 0 aliphatic rings. The summed E-state index contributed by atoms with van der Waals surface area (Å²) in [5.41, 5.74) is 0. The van der Waals surface area contributed by atoms with Gasteiger partial charge >= 0.3 is 0 Å². The van der Waals surface area contributed by atoms with Gasteiger partial charge in [0.05, 0.1) is 6.20 Å². The molecule has 1 radical (unpaired) electrons. The molecular formula is C5H6NO. The lowest BCUT2D eigenvalue weighted by Crippen LogP contribution is -1.89. The van der Waals surface area contributed by atoms with E-state index in [1.165, 1.54) is 0 Å². The molecule has 1 rings (SSSR count). The van der Waals surface area contributed by atoms with Crippen molar-refractivity contribution in [3.05, 3.63) is 24.5 Å². The zero-order valence-corrected chi connectivity index (χ0v) is 3.83. The van der Waals surface area contributed by atoms with Crippen LogP contribution in [0.15, 0.2) is 18.3 Å². The second-order valence-electron chi connectivity index (χ2n) is 1.25. The van der Waals surface area contributed by atoms with Crippen LogP contribution in [0.1, 0.15) is 0 Å². The van der Waals surface area contributed by atoms with E-state index in [0.29, 0.717) is 0 Å². The molecule has 0 unspecified atom stereocenters. The van der Waals surface area contributed by atoms with Crippen LogP contribution in [0.2, 0.25) is 0 Å². The van der Waals surface area contributed by atoms with Crippen LogP contribution in [-0.2, 0) is 6.73 Å². The molecule has 1 aromatic heterocycles. The van der Waals surface area contributed by atoms with E-state index < -0.39 is 0 Å². The van der Waals surface area contributed by atoms with E-state index in [1.54, 1.807) is 16.8 Å². The van der Waals surface area contributed by atoms with Crippen LogP contribution in [0.25, 0.3) is 0 Å². The van der Waals surface area contributed by atoms with E-state index in [9.17, 15) is 0 Å². The van der Waals surface area contributed by atoms with Crippen LogP contribution < -0.4 is 0 Å². The third kappa shape index (κ3) is 0.810. The SMILES string of the molecule is OCn1[c]ccc1. The van der Waals surface area contributed by atoms with Crippen molar-refractivity contribution in [2.75, 3.05) is 0 Å². The molecule has 0 fully saturated rings. The highest BCUT2D eigenvalue weighted by Gasteiger charge is 1.78. The van der Waals surface area contributed by atoms with Crippen LogP contribution in [0.5, 0.6) is 0 Å². The van der Waals surface area contributed by atoms with Gasteiger partial charge in [-0.1, -0.05) is 0 Å². The molecule has 0 bridgehead atoms. The Labute approximate surface area is 42.0 Å². The summed E-state index contributed by atoms with van der Waals surface area (Å²) in [7, 11) is 0. The van der Waals surface area contributed by atoms with Crippen molar-refractivity contribution in [2.45, 2.75) is 6.73 Å². The first-order chi connectivity index (χ1) is 3.43. The maximum absolute atomic E-state index is 8.36. The molecule has 0 aliphatic heterocycles. The number of hydrogen-bond donors (Lipinski definition) is 1. The second kappa shape index (κ2) is 1.80. The molecular weight excluding hydrogens is 90.1 g/mol. The molecule has 2 heteroatoms. The topological polar surface area (TPSA) is 25.2 Å². The van der Waals surface area contributed by atoms with Gasteiger partial charge in [-0.15, -0.1) is 0 Å². The Balaban J connectivity index is 2.76. The Hall–Kier alpha value is -0.760. The average Bonchev–Trinajstić information content (AvgIpc) is 2.14. The molecule has 1 heterocycles. The number of aliphatic hydroxyl groups excluding tert-OH is 1. The molecule has 0 saturated heterocycles. The minimum atomic E-state index is 0.0208. The summed E-state index contributed by atoms with van der Waals surface area (Å²) in [5, 5.41) is 8.36. The standard InChI is InChI=1S/C5H6NO/c7-5-6-3-1-2-4-6/h1-3,7H,5H2. The highest BCUT2D eigenvalue weighted by atomic mass is 16.3. The number of aliphatic hydroxyl groups is 1. The van der Waals surface area contributed by atoms with Gasteiger partial charge in [-0.25, -0.2) is 0 Å². The van der Waals surface area contributed by atoms with Crippen LogP contribution >= 0.6 is 0 Å². The van der Waals surface area contributed by atoms with Crippen LogP contribution in [0.4, 0.5) is 0 Å². The predicted octanol–water partition coefficient (Wildman–Crippen LogP) is 0.238. The monoisotopic (exact) mass is 96.0 g/mol. The fraction of sp³-hybridized carbons (Fsp3) is 0.200. The summed E-state index contributed by atoms with van der Waals surface area (Å²) >= 11 is 0. The average molecular weight is 96.1 g/mol. The van der Waals surface area contributed by atoms with Crippen molar-refractivity contribution in [3.8, 4) is 0 Å². The molecule has 7 heavy (non-hydrogen) atoms. The second-order valence-corrected chi connectivity index (χ2v) is 1.25. The van der Waals surface area contributed by atoms with Crippen LogP contribution in [-0.4, -0.2) is 9.67 Å². The molecule has 0 atom stereocenters. The zero-order chi connectivity index (χ0) is 5.11. The first-order valence-corrected chi connectivity index (χ1v) is 2.07. The van der Waals surface area contributed by atoms with Crippen molar-refractivity contribution in [2.24, 2.45) is 0 Å². The van der Waals surface area contributed by atoms with Crippen molar-refractivity contribution < 1.29 is 5.11 Å². The minimum Gasteiger partial charge on any atom is -0.376 e. The van der Waals surface area contributed by atoms with Gasteiger partial charge in [0, 0.05) is 6.20 Å². The quantitative estimate of drug-likeness (QED) is 0.532. The van der Waals surface area contributed by atoms with Crippen molar-refractivity contribution >= 4 is 0 Å². The highest BCUT2D eigenvalue weighted by Crippen LogP contribution is 1.83. The first kappa shape index (κ1) is 4.40. The van der Waals surface area contributed by atoms with Crippen molar-refractivity contribution in [1.29, 1.82) is 0 Å². The Kier molecular flexibility index (Phi) is 1.13. The number of hydrogen-bond acceptors (Lipinski definition) is 1. The Morgan fingerprint density at radius 2 is 2.57 bits per heavy atom. The van der Waals surface area contributed by atoms with Crippen LogP contribution in [0, 0.1) is 6.20 Å². The normalized spacial score (nSPS) is 9.29. The molecule has 0 amide bonds. The van der Waals surface area contributed by atoms with E-state index in [-0.39, 0.29) is 6.73 Å². The summed E-state index contributed by atoms with van der Waals surface area (Å²) in [6.07, 6.45) is 4.50. The molecule has 2 nitrogen and oxygen atoms in total. The lowest BCUT2D eigenvalue weighted by molar-refractivity contribution is 0.210. The zero-order valence-electron chi connectivity index (χ0n) is 3.83. The minimum absolute atomic E-state index is 0.0208. The third-order valence-corrected chi connectivity index (χ3v) is 0.755. The smallest absolute Gasteiger partial charge is 0.119 e.